The van der Waals surface area contributed by atoms with E-state index in [0.717, 1.165) is 0 Å². The molecule has 0 bridgehead atoms. The van der Waals surface area contributed by atoms with E-state index in [2.05, 4.69) is 11.4 Å². The first-order chi connectivity index (χ1) is 11.7. The highest BCUT2D eigenvalue weighted by molar-refractivity contribution is 5.97. The number of nitrogens with zero attached hydrogens (tertiary/aromatic N) is 1. The highest BCUT2D eigenvalue weighted by atomic mass is 16.5. The Kier molecular flexibility index (Phi) is 7.31. The second-order valence-corrected chi connectivity index (χ2v) is 6.38. The number of carbonyl (C=O) groups is 3. The van der Waals surface area contributed by atoms with Gasteiger partial charge in [-0.15, -0.1) is 0 Å². The molecule has 1 amide bonds. The van der Waals surface area contributed by atoms with Gasteiger partial charge in [0.05, 0.1) is 12.5 Å². The van der Waals surface area contributed by atoms with Gasteiger partial charge in [-0.25, -0.2) is 0 Å². The van der Waals surface area contributed by atoms with Crippen LogP contribution in [-0.4, -0.2) is 29.3 Å². The topological polar surface area (TPSA) is 96.3 Å². The van der Waals surface area contributed by atoms with Crippen LogP contribution in [0.2, 0.25) is 0 Å². The smallest absolute Gasteiger partial charge is 0.307 e. The largest absolute Gasteiger partial charge is 0.453 e. The molecule has 2 atom stereocenters. The standard InChI is InChI=1S/C19H24N2O4/c1-13(2)19(4,12-20)21-18(24)14(3)25-17(23)11-10-16(22)15-8-6-5-7-9-15/h5-9,13-14H,10-11H2,1-4H3,(H,21,24)/t14-,19-/m1/s1. The van der Waals surface area contributed by atoms with Crippen LogP contribution in [0.3, 0.4) is 0 Å². The molecule has 0 aliphatic carbocycles. The van der Waals surface area contributed by atoms with Gasteiger partial charge in [-0.3, -0.25) is 14.4 Å². The van der Waals surface area contributed by atoms with Crippen LogP contribution in [0.4, 0.5) is 0 Å². The lowest BCUT2D eigenvalue weighted by atomic mass is 9.90. The first-order valence-corrected chi connectivity index (χ1v) is 8.20. The molecule has 0 fully saturated rings. The molecule has 0 heterocycles. The fourth-order valence-corrected chi connectivity index (χ4v) is 1.95. The van der Waals surface area contributed by atoms with Crippen LogP contribution >= 0.6 is 0 Å². The Hall–Kier alpha value is -2.68. The maximum absolute atomic E-state index is 12.1. The third-order valence-electron chi connectivity index (χ3n) is 4.10. The van der Waals surface area contributed by atoms with Gasteiger partial charge in [0, 0.05) is 12.0 Å². The van der Waals surface area contributed by atoms with E-state index in [1.165, 1.54) is 6.92 Å². The van der Waals surface area contributed by atoms with Crippen molar-refractivity contribution in [1.82, 2.24) is 5.32 Å². The number of ether oxygens (including phenoxy) is 1. The van der Waals surface area contributed by atoms with Crippen LogP contribution in [-0.2, 0) is 14.3 Å². The molecule has 1 N–H and O–H groups in total. The van der Waals surface area contributed by atoms with Crippen LogP contribution in [0.15, 0.2) is 30.3 Å². The lowest BCUT2D eigenvalue weighted by molar-refractivity contribution is -0.155. The van der Waals surface area contributed by atoms with Crippen LogP contribution in [0.25, 0.3) is 0 Å². The maximum atomic E-state index is 12.1. The molecular weight excluding hydrogens is 320 g/mol. The Morgan fingerprint density at radius 2 is 1.76 bits per heavy atom. The third-order valence-corrected chi connectivity index (χ3v) is 4.10. The number of nitrogens with one attached hydrogen (secondary N) is 1. The molecule has 0 saturated carbocycles. The molecule has 0 spiro atoms. The first kappa shape index (κ1) is 20.4. The van der Waals surface area contributed by atoms with E-state index in [4.69, 9.17) is 4.74 Å². The minimum absolute atomic E-state index is 0.0130. The molecular formula is C19H24N2O4. The lowest BCUT2D eigenvalue weighted by Crippen LogP contribution is -2.52. The van der Waals surface area contributed by atoms with Crippen LogP contribution in [0, 0.1) is 17.2 Å². The second kappa shape index (κ2) is 8.97. The van der Waals surface area contributed by atoms with Crippen molar-refractivity contribution in [2.75, 3.05) is 0 Å². The molecule has 0 aliphatic heterocycles. The minimum Gasteiger partial charge on any atom is -0.453 e. The molecule has 6 nitrogen and oxygen atoms in total. The van der Waals surface area contributed by atoms with Gasteiger partial charge < -0.3 is 10.1 Å². The summed E-state index contributed by atoms with van der Waals surface area (Å²) in [6.45, 7) is 6.68. The SMILES string of the molecule is CC(C)[C@@](C)(C#N)NC(=O)[C@@H](C)OC(=O)CCC(=O)c1ccccc1. The molecule has 6 heteroatoms. The minimum atomic E-state index is -1.04. The maximum Gasteiger partial charge on any atom is 0.307 e. The Morgan fingerprint density at radius 1 is 1.16 bits per heavy atom. The summed E-state index contributed by atoms with van der Waals surface area (Å²) in [5.74, 6) is -1.44. The van der Waals surface area contributed by atoms with Crippen molar-refractivity contribution < 1.29 is 19.1 Å². The summed E-state index contributed by atoms with van der Waals surface area (Å²) in [5.41, 5.74) is -0.510. The summed E-state index contributed by atoms with van der Waals surface area (Å²) in [4.78, 5) is 35.9. The van der Waals surface area contributed by atoms with Gasteiger partial charge in [-0.1, -0.05) is 44.2 Å². The number of Topliss-reactive ketones (excluding diaryl/α,β-unsaturated/α-hetero) is 1. The average molecular weight is 344 g/mol. The highest BCUT2D eigenvalue weighted by Gasteiger charge is 2.32. The zero-order chi connectivity index (χ0) is 19.0. The first-order valence-electron chi connectivity index (χ1n) is 8.20. The van der Waals surface area contributed by atoms with Crippen molar-refractivity contribution in [2.24, 2.45) is 5.92 Å². The van der Waals surface area contributed by atoms with Crippen molar-refractivity contribution >= 4 is 17.7 Å². The summed E-state index contributed by atoms with van der Waals surface area (Å²) < 4.78 is 5.06. The number of esters is 1. The third kappa shape index (κ3) is 6.03. The van der Waals surface area contributed by atoms with Crippen molar-refractivity contribution in [3.05, 3.63) is 35.9 Å². The van der Waals surface area contributed by atoms with Gasteiger partial charge in [0.15, 0.2) is 11.9 Å². The molecule has 1 aromatic carbocycles. The normalized spacial score (nSPS) is 14.1. The summed E-state index contributed by atoms with van der Waals surface area (Å²) in [6, 6.07) is 10.7. The Balaban J connectivity index is 2.50. The van der Waals surface area contributed by atoms with Gasteiger partial charge in [0.1, 0.15) is 5.54 Å². The number of amides is 1. The molecule has 1 aromatic rings. The quantitative estimate of drug-likeness (QED) is 0.577. The van der Waals surface area contributed by atoms with Crippen LogP contribution in [0.5, 0.6) is 0 Å². The number of ketones is 1. The zero-order valence-electron chi connectivity index (χ0n) is 15.0. The Morgan fingerprint density at radius 3 is 2.28 bits per heavy atom. The molecule has 1 rings (SSSR count). The predicted molar refractivity (Wildman–Crippen MR) is 92.6 cm³/mol. The number of benzene rings is 1. The van der Waals surface area contributed by atoms with Gasteiger partial charge in [0.2, 0.25) is 0 Å². The number of carbonyl (C=O) groups excluding carboxylic acids is 3. The van der Waals surface area contributed by atoms with Crippen molar-refractivity contribution in [1.29, 1.82) is 5.26 Å². The molecule has 0 saturated heterocycles. The van der Waals surface area contributed by atoms with E-state index < -0.39 is 23.5 Å². The van der Waals surface area contributed by atoms with Gasteiger partial charge >= 0.3 is 5.97 Å². The molecule has 25 heavy (non-hydrogen) atoms. The van der Waals surface area contributed by atoms with E-state index in [-0.39, 0.29) is 24.5 Å². The average Bonchev–Trinajstić information content (AvgIpc) is 2.59. The van der Waals surface area contributed by atoms with Gasteiger partial charge in [-0.2, -0.15) is 5.26 Å². The molecule has 134 valence electrons. The van der Waals surface area contributed by atoms with E-state index in [1.807, 2.05) is 13.8 Å². The van der Waals surface area contributed by atoms with Gasteiger partial charge in [-0.05, 0) is 19.8 Å². The zero-order valence-corrected chi connectivity index (χ0v) is 15.0. The summed E-state index contributed by atoms with van der Waals surface area (Å²) >= 11 is 0. The summed E-state index contributed by atoms with van der Waals surface area (Å²) in [7, 11) is 0. The van der Waals surface area contributed by atoms with Gasteiger partial charge in [0.25, 0.3) is 5.91 Å². The molecule has 0 unspecified atom stereocenters. The number of rotatable bonds is 8. The van der Waals surface area contributed by atoms with E-state index >= 15 is 0 Å². The van der Waals surface area contributed by atoms with E-state index in [9.17, 15) is 19.6 Å². The predicted octanol–water partition coefficient (Wildman–Crippen LogP) is 2.64. The fourth-order valence-electron chi connectivity index (χ4n) is 1.95. The van der Waals surface area contributed by atoms with E-state index in [1.54, 1.807) is 37.3 Å². The van der Waals surface area contributed by atoms with Crippen molar-refractivity contribution in [3.63, 3.8) is 0 Å². The molecule has 0 radical (unpaired) electrons. The monoisotopic (exact) mass is 344 g/mol. The number of hydrogen-bond donors (Lipinski definition) is 1. The van der Waals surface area contributed by atoms with Crippen molar-refractivity contribution in [2.45, 2.75) is 52.2 Å². The summed E-state index contributed by atoms with van der Waals surface area (Å²) in [6.07, 6.45) is -1.13. The number of hydrogen-bond acceptors (Lipinski definition) is 5. The Bertz CT molecular complexity index is 664. The van der Waals surface area contributed by atoms with Crippen LogP contribution in [0.1, 0.15) is 50.9 Å². The molecule has 0 aromatic heterocycles. The Labute approximate surface area is 148 Å². The molecule has 0 aliphatic rings. The van der Waals surface area contributed by atoms with E-state index in [0.29, 0.717) is 5.56 Å². The van der Waals surface area contributed by atoms with Crippen molar-refractivity contribution in [3.8, 4) is 6.07 Å². The highest BCUT2D eigenvalue weighted by Crippen LogP contribution is 2.15. The summed E-state index contributed by atoms with van der Waals surface area (Å²) in [5, 5.41) is 11.8. The van der Waals surface area contributed by atoms with Crippen LogP contribution < -0.4 is 5.32 Å². The number of nitriles is 1. The lowest BCUT2D eigenvalue weighted by Gasteiger charge is -2.28. The fraction of sp³-hybridized carbons (Fsp3) is 0.474. The second-order valence-electron chi connectivity index (χ2n) is 6.38.